The molecular weight excluding hydrogens is 324 g/mol. The van der Waals surface area contributed by atoms with E-state index in [1.54, 1.807) is 0 Å². The SMILES string of the molecule is Cc1cc(C)c(C(N)c2c(F)ccc(Br)c2F)c(C)c1. The minimum atomic E-state index is -0.826. The number of hydrogen-bond donors (Lipinski definition) is 1. The number of rotatable bonds is 2. The van der Waals surface area contributed by atoms with Crippen LogP contribution in [0.15, 0.2) is 28.7 Å². The van der Waals surface area contributed by atoms with Gasteiger partial charge in [0.1, 0.15) is 11.6 Å². The zero-order chi connectivity index (χ0) is 15.0. The predicted molar refractivity (Wildman–Crippen MR) is 80.7 cm³/mol. The van der Waals surface area contributed by atoms with Crippen LogP contribution >= 0.6 is 15.9 Å². The van der Waals surface area contributed by atoms with E-state index < -0.39 is 17.7 Å². The van der Waals surface area contributed by atoms with Crippen molar-refractivity contribution >= 4 is 15.9 Å². The predicted octanol–water partition coefficient (Wildman–Crippen LogP) is 4.70. The van der Waals surface area contributed by atoms with E-state index in [0.29, 0.717) is 0 Å². The normalized spacial score (nSPS) is 12.6. The third-order valence-electron chi connectivity index (χ3n) is 3.44. The van der Waals surface area contributed by atoms with Crippen LogP contribution in [0.3, 0.4) is 0 Å². The number of nitrogens with two attached hydrogens (primary N) is 1. The van der Waals surface area contributed by atoms with E-state index in [-0.39, 0.29) is 10.0 Å². The Kier molecular flexibility index (Phi) is 4.25. The fourth-order valence-electron chi connectivity index (χ4n) is 2.65. The molecule has 0 saturated heterocycles. The second-order valence-corrected chi connectivity index (χ2v) is 5.90. The molecule has 0 fully saturated rings. The maximum Gasteiger partial charge on any atom is 0.145 e. The van der Waals surface area contributed by atoms with Crippen molar-refractivity contribution in [3.8, 4) is 0 Å². The molecule has 1 atom stereocenters. The highest BCUT2D eigenvalue weighted by atomic mass is 79.9. The van der Waals surface area contributed by atoms with Gasteiger partial charge in [-0.15, -0.1) is 0 Å². The van der Waals surface area contributed by atoms with Crippen molar-refractivity contribution in [1.29, 1.82) is 0 Å². The lowest BCUT2D eigenvalue weighted by atomic mass is 9.90. The first-order valence-electron chi connectivity index (χ1n) is 6.29. The molecule has 0 spiro atoms. The van der Waals surface area contributed by atoms with E-state index in [1.165, 1.54) is 12.1 Å². The van der Waals surface area contributed by atoms with E-state index in [0.717, 1.165) is 22.3 Å². The zero-order valence-electron chi connectivity index (χ0n) is 11.6. The average Bonchev–Trinajstić information content (AvgIpc) is 2.33. The number of benzene rings is 2. The lowest BCUT2D eigenvalue weighted by Crippen LogP contribution is -2.18. The van der Waals surface area contributed by atoms with Crippen molar-refractivity contribution in [2.75, 3.05) is 0 Å². The molecule has 0 bridgehead atoms. The molecule has 0 aliphatic carbocycles. The highest BCUT2D eigenvalue weighted by Gasteiger charge is 2.23. The molecule has 0 radical (unpaired) electrons. The first-order valence-corrected chi connectivity index (χ1v) is 7.09. The fraction of sp³-hybridized carbons (Fsp3) is 0.250. The van der Waals surface area contributed by atoms with Gasteiger partial charge in [-0.05, 0) is 65.5 Å². The van der Waals surface area contributed by atoms with Gasteiger partial charge in [-0.25, -0.2) is 8.78 Å². The Morgan fingerprint density at radius 3 is 2.10 bits per heavy atom. The van der Waals surface area contributed by atoms with E-state index >= 15 is 0 Å². The molecule has 0 heterocycles. The van der Waals surface area contributed by atoms with E-state index in [2.05, 4.69) is 15.9 Å². The van der Waals surface area contributed by atoms with Gasteiger partial charge in [0.15, 0.2) is 0 Å². The van der Waals surface area contributed by atoms with E-state index in [1.807, 2.05) is 32.9 Å². The zero-order valence-corrected chi connectivity index (χ0v) is 13.2. The number of halogens is 3. The van der Waals surface area contributed by atoms with Crippen LogP contribution < -0.4 is 5.73 Å². The van der Waals surface area contributed by atoms with Crippen molar-refractivity contribution < 1.29 is 8.78 Å². The van der Waals surface area contributed by atoms with Crippen LogP contribution in [0.2, 0.25) is 0 Å². The van der Waals surface area contributed by atoms with Crippen LogP contribution in [0.5, 0.6) is 0 Å². The molecule has 1 unspecified atom stereocenters. The monoisotopic (exact) mass is 339 g/mol. The molecule has 0 saturated carbocycles. The van der Waals surface area contributed by atoms with Crippen molar-refractivity contribution in [1.82, 2.24) is 0 Å². The van der Waals surface area contributed by atoms with Gasteiger partial charge in [0.05, 0.1) is 10.5 Å². The lowest BCUT2D eigenvalue weighted by molar-refractivity contribution is 0.538. The molecule has 0 amide bonds. The Bertz CT molecular complexity index is 645. The maximum absolute atomic E-state index is 14.2. The largest absolute Gasteiger partial charge is 0.320 e. The fourth-order valence-corrected chi connectivity index (χ4v) is 3.00. The summed E-state index contributed by atoms with van der Waals surface area (Å²) in [5, 5.41) is 0. The second-order valence-electron chi connectivity index (χ2n) is 5.05. The molecular formula is C16H16BrF2N. The molecule has 2 rings (SSSR count). The van der Waals surface area contributed by atoms with Crippen molar-refractivity contribution in [3.05, 3.63) is 68.2 Å². The molecule has 0 aliphatic rings. The van der Waals surface area contributed by atoms with Crippen molar-refractivity contribution in [3.63, 3.8) is 0 Å². The van der Waals surface area contributed by atoms with Gasteiger partial charge >= 0.3 is 0 Å². The third-order valence-corrected chi connectivity index (χ3v) is 4.05. The lowest BCUT2D eigenvalue weighted by Gasteiger charge is -2.20. The van der Waals surface area contributed by atoms with Gasteiger partial charge in [0, 0.05) is 5.56 Å². The molecule has 2 N–H and O–H groups in total. The van der Waals surface area contributed by atoms with Crippen LogP contribution in [-0.2, 0) is 0 Å². The van der Waals surface area contributed by atoms with Gasteiger partial charge in [0.25, 0.3) is 0 Å². The first kappa shape index (κ1) is 15.1. The summed E-state index contributed by atoms with van der Waals surface area (Å²) in [6.07, 6.45) is 0. The Balaban J connectivity index is 2.64. The summed E-state index contributed by atoms with van der Waals surface area (Å²) < 4.78 is 28.4. The number of aryl methyl sites for hydroxylation is 3. The van der Waals surface area contributed by atoms with Crippen molar-refractivity contribution in [2.45, 2.75) is 26.8 Å². The van der Waals surface area contributed by atoms with Gasteiger partial charge in [-0.1, -0.05) is 17.7 Å². The van der Waals surface area contributed by atoms with Gasteiger partial charge in [-0.2, -0.15) is 0 Å². The molecule has 106 valence electrons. The highest BCUT2D eigenvalue weighted by molar-refractivity contribution is 9.10. The summed E-state index contributed by atoms with van der Waals surface area (Å²) >= 11 is 3.07. The van der Waals surface area contributed by atoms with Crippen LogP contribution in [0.1, 0.15) is 33.9 Å². The Morgan fingerprint density at radius 1 is 1.00 bits per heavy atom. The smallest absolute Gasteiger partial charge is 0.145 e. The second kappa shape index (κ2) is 5.62. The summed E-state index contributed by atoms with van der Waals surface area (Å²) in [4.78, 5) is 0. The molecule has 20 heavy (non-hydrogen) atoms. The van der Waals surface area contributed by atoms with Gasteiger partial charge in [0.2, 0.25) is 0 Å². The summed E-state index contributed by atoms with van der Waals surface area (Å²) in [6.45, 7) is 5.79. The van der Waals surface area contributed by atoms with Crippen molar-refractivity contribution in [2.24, 2.45) is 5.73 Å². The van der Waals surface area contributed by atoms with Crippen LogP contribution in [0.4, 0.5) is 8.78 Å². The Morgan fingerprint density at radius 2 is 1.55 bits per heavy atom. The molecule has 1 nitrogen and oxygen atoms in total. The summed E-state index contributed by atoms with van der Waals surface area (Å²) in [7, 11) is 0. The Hall–Kier alpha value is -1.26. The molecule has 0 aliphatic heterocycles. The Labute approximate surface area is 125 Å². The number of hydrogen-bond acceptors (Lipinski definition) is 1. The van der Waals surface area contributed by atoms with Crippen LogP contribution in [-0.4, -0.2) is 0 Å². The third kappa shape index (κ3) is 2.63. The van der Waals surface area contributed by atoms with Gasteiger partial charge < -0.3 is 5.73 Å². The molecule has 0 aromatic heterocycles. The highest BCUT2D eigenvalue weighted by Crippen LogP contribution is 2.32. The molecule has 2 aromatic rings. The van der Waals surface area contributed by atoms with Gasteiger partial charge in [-0.3, -0.25) is 0 Å². The van der Waals surface area contributed by atoms with Crippen LogP contribution in [0, 0.1) is 32.4 Å². The standard InChI is InChI=1S/C16H16BrF2N/c1-8-6-9(2)13(10(3)7-8)16(20)14-12(18)5-4-11(17)15(14)19/h4-7,16H,20H2,1-3H3. The minimum Gasteiger partial charge on any atom is -0.320 e. The average molecular weight is 340 g/mol. The molecule has 4 heteroatoms. The summed E-state index contributed by atoms with van der Waals surface area (Å²) in [5.41, 5.74) is 9.79. The topological polar surface area (TPSA) is 26.0 Å². The molecule has 2 aromatic carbocycles. The van der Waals surface area contributed by atoms with E-state index in [4.69, 9.17) is 5.73 Å². The summed E-state index contributed by atoms with van der Waals surface area (Å²) in [6, 6.07) is 5.68. The van der Waals surface area contributed by atoms with Crippen LogP contribution in [0.25, 0.3) is 0 Å². The van der Waals surface area contributed by atoms with E-state index in [9.17, 15) is 8.78 Å². The minimum absolute atomic E-state index is 0.102. The first-order chi connectivity index (χ1) is 9.32. The quantitative estimate of drug-likeness (QED) is 0.788. The maximum atomic E-state index is 14.2. The summed E-state index contributed by atoms with van der Waals surface area (Å²) in [5.74, 6) is -1.27.